The quantitative estimate of drug-likeness (QED) is 0.797. The van der Waals surface area contributed by atoms with Gasteiger partial charge in [-0.05, 0) is 34.1 Å². The third-order valence-corrected chi connectivity index (χ3v) is 2.59. The van der Waals surface area contributed by atoms with Crippen molar-refractivity contribution in [2.75, 3.05) is 7.11 Å². The molecule has 1 heterocycles. The summed E-state index contributed by atoms with van der Waals surface area (Å²) >= 11 is 3.03. The second-order valence-electron chi connectivity index (χ2n) is 3.03. The Balaban J connectivity index is 2.37. The van der Waals surface area contributed by atoms with E-state index in [4.69, 9.17) is 4.42 Å². The fraction of sp³-hybridized carbons (Fsp3) is 0.100. The van der Waals surface area contributed by atoms with E-state index in [-0.39, 0.29) is 11.8 Å². The first-order valence-corrected chi connectivity index (χ1v) is 5.28. The first kappa shape index (κ1) is 11.7. The number of esters is 1. The van der Waals surface area contributed by atoms with Gasteiger partial charge in [-0.25, -0.2) is 9.18 Å². The molecular weight excluding hydrogens is 295 g/mol. The van der Waals surface area contributed by atoms with Crippen molar-refractivity contribution in [1.29, 1.82) is 0 Å². The number of halogens is 2. The topological polar surface area (TPSA) is 65.2 Å². The largest absolute Gasteiger partial charge is 0.462 e. The monoisotopic (exact) mass is 300 g/mol. The number of ether oxygens (including phenoxy) is 1. The number of nitrogens with zero attached hydrogens (tertiary/aromatic N) is 2. The van der Waals surface area contributed by atoms with Crippen molar-refractivity contribution in [3.63, 3.8) is 0 Å². The van der Waals surface area contributed by atoms with Crippen LogP contribution in [0.15, 0.2) is 27.1 Å². The summed E-state index contributed by atoms with van der Waals surface area (Å²) in [7, 11) is 1.20. The van der Waals surface area contributed by atoms with E-state index >= 15 is 0 Å². The lowest BCUT2D eigenvalue weighted by atomic mass is 10.2. The average molecular weight is 301 g/mol. The highest BCUT2D eigenvalue weighted by molar-refractivity contribution is 9.10. The Morgan fingerprint density at radius 1 is 1.47 bits per heavy atom. The lowest BCUT2D eigenvalue weighted by Gasteiger charge is -1.96. The van der Waals surface area contributed by atoms with Gasteiger partial charge in [-0.3, -0.25) is 0 Å². The van der Waals surface area contributed by atoms with Crippen molar-refractivity contribution in [1.82, 2.24) is 10.2 Å². The highest BCUT2D eigenvalue weighted by Gasteiger charge is 2.16. The van der Waals surface area contributed by atoms with Crippen LogP contribution >= 0.6 is 15.9 Å². The SMILES string of the molecule is COC(=O)c1nnc(-c2ccc(Br)c(F)c2)o1. The Morgan fingerprint density at radius 2 is 2.24 bits per heavy atom. The summed E-state index contributed by atoms with van der Waals surface area (Å²) in [6, 6.07) is 4.31. The van der Waals surface area contributed by atoms with E-state index in [0.717, 1.165) is 0 Å². The minimum atomic E-state index is -0.735. The van der Waals surface area contributed by atoms with Crippen molar-refractivity contribution in [2.24, 2.45) is 0 Å². The lowest BCUT2D eigenvalue weighted by molar-refractivity contribution is 0.0556. The second-order valence-corrected chi connectivity index (χ2v) is 3.89. The third-order valence-electron chi connectivity index (χ3n) is 1.95. The van der Waals surface area contributed by atoms with Gasteiger partial charge in [0, 0.05) is 5.56 Å². The summed E-state index contributed by atoms with van der Waals surface area (Å²) in [6.07, 6.45) is 0. The minimum absolute atomic E-state index is 0.0526. The number of methoxy groups -OCH3 is 1. The molecule has 88 valence electrons. The summed E-state index contributed by atoms with van der Waals surface area (Å²) in [6.45, 7) is 0. The molecule has 0 saturated carbocycles. The van der Waals surface area contributed by atoms with Crippen LogP contribution in [-0.2, 0) is 4.74 Å². The molecule has 0 aliphatic heterocycles. The van der Waals surface area contributed by atoms with Gasteiger partial charge < -0.3 is 9.15 Å². The van der Waals surface area contributed by atoms with Crippen LogP contribution in [0.3, 0.4) is 0 Å². The molecule has 0 aliphatic rings. The number of rotatable bonds is 2. The fourth-order valence-electron chi connectivity index (χ4n) is 1.14. The van der Waals surface area contributed by atoms with Crippen LogP contribution in [0.4, 0.5) is 4.39 Å². The van der Waals surface area contributed by atoms with Gasteiger partial charge in [0.1, 0.15) is 5.82 Å². The predicted molar refractivity (Wildman–Crippen MR) is 58.7 cm³/mol. The number of aromatic nitrogens is 2. The molecule has 1 aromatic heterocycles. The van der Waals surface area contributed by atoms with Gasteiger partial charge in [0.25, 0.3) is 0 Å². The average Bonchev–Trinajstić information content (AvgIpc) is 2.81. The summed E-state index contributed by atoms with van der Waals surface area (Å²) in [5.74, 6) is -1.41. The molecule has 0 atom stereocenters. The Hall–Kier alpha value is -1.76. The maximum absolute atomic E-state index is 13.3. The van der Waals surface area contributed by atoms with Crippen LogP contribution in [0.2, 0.25) is 0 Å². The number of benzene rings is 1. The molecule has 0 amide bonds. The normalized spacial score (nSPS) is 10.3. The molecule has 0 fully saturated rings. The Kier molecular flexibility index (Phi) is 3.19. The van der Waals surface area contributed by atoms with Gasteiger partial charge in [0.2, 0.25) is 5.89 Å². The Bertz CT molecular complexity index is 570. The number of carbonyl (C=O) groups excluding carboxylic acids is 1. The number of hydrogen-bond acceptors (Lipinski definition) is 5. The summed E-state index contributed by atoms with van der Waals surface area (Å²) < 4.78 is 23.0. The molecule has 0 unspecified atom stereocenters. The smallest absolute Gasteiger partial charge is 0.396 e. The van der Waals surface area contributed by atoms with Gasteiger partial charge in [0.05, 0.1) is 11.6 Å². The van der Waals surface area contributed by atoms with Crippen molar-refractivity contribution in [2.45, 2.75) is 0 Å². The molecule has 0 spiro atoms. The van der Waals surface area contributed by atoms with Crippen LogP contribution in [0.5, 0.6) is 0 Å². The van der Waals surface area contributed by atoms with Gasteiger partial charge in [-0.1, -0.05) is 0 Å². The van der Waals surface area contributed by atoms with Crippen LogP contribution in [0, 0.1) is 5.82 Å². The molecule has 2 rings (SSSR count). The van der Waals surface area contributed by atoms with Gasteiger partial charge in [0.15, 0.2) is 0 Å². The van der Waals surface area contributed by atoms with E-state index < -0.39 is 11.8 Å². The van der Waals surface area contributed by atoms with Gasteiger partial charge >= 0.3 is 11.9 Å². The fourth-order valence-corrected chi connectivity index (χ4v) is 1.39. The molecule has 0 N–H and O–H groups in total. The van der Waals surface area contributed by atoms with Crippen molar-refractivity contribution >= 4 is 21.9 Å². The third kappa shape index (κ3) is 2.33. The molecule has 7 heteroatoms. The first-order valence-electron chi connectivity index (χ1n) is 4.49. The lowest BCUT2D eigenvalue weighted by Crippen LogP contribution is -2.00. The molecular formula is C10H6BrFN2O3. The zero-order chi connectivity index (χ0) is 12.4. The van der Waals surface area contributed by atoms with Crippen LogP contribution < -0.4 is 0 Å². The van der Waals surface area contributed by atoms with E-state index in [0.29, 0.717) is 10.0 Å². The summed E-state index contributed by atoms with van der Waals surface area (Å²) in [5, 5.41) is 7.12. The van der Waals surface area contributed by atoms with Crippen molar-refractivity contribution in [3.05, 3.63) is 34.4 Å². The van der Waals surface area contributed by atoms with Gasteiger partial charge in [-0.2, -0.15) is 0 Å². The van der Waals surface area contributed by atoms with E-state index in [2.05, 4.69) is 30.9 Å². The first-order chi connectivity index (χ1) is 8.11. The highest BCUT2D eigenvalue weighted by atomic mass is 79.9. The van der Waals surface area contributed by atoms with Crippen LogP contribution in [-0.4, -0.2) is 23.3 Å². The molecule has 0 radical (unpaired) electrons. The van der Waals surface area contributed by atoms with E-state index in [1.54, 1.807) is 6.07 Å². The van der Waals surface area contributed by atoms with E-state index in [9.17, 15) is 9.18 Å². The standard InChI is InChI=1S/C10H6BrFN2O3/c1-16-10(15)9-14-13-8(17-9)5-2-3-6(11)7(12)4-5/h2-4H,1H3. The van der Waals surface area contributed by atoms with E-state index in [1.165, 1.54) is 19.2 Å². The van der Waals surface area contributed by atoms with Crippen LogP contribution in [0.25, 0.3) is 11.5 Å². The molecule has 2 aromatic rings. The molecule has 17 heavy (non-hydrogen) atoms. The highest BCUT2D eigenvalue weighted by Crippen LogP contribution is 2.23. The van der Waals surface area contributed by atoms with Crippen LogP contribution in [0.1, 0.15) is 10.7 Å². The second kappa shape index (κ2) is 4.62. The predicted octanol–water partition coefficient (Wildman–Crippen LogP) is 2.42. The summed E-state index contributed by atoms with van der Waals surface area (Å²) in [5.41, 5.74) is 0.383. The maximum atomic E-state index is 13.3. The maximum Gasteiger partial charge on any atom is 0.396 e. The van der Waals surface area contributed by atoms with Gasteiger partial charge in [-0.15, -0.1) is 10.2 Å². The minimum Gasteiger partial charge on any atom is -0.462 e. The number of hydrogen-bond donors (Lipinski definition) is 0. The molecule has 5 nitrogen and oxygen atoms in total. The van der Waals surface area contributed by atoms with Crippen molar-refractivity contribution in [3.8, 4) is 11.5 Å². The zero-order valence-electron chi connectivity index (χ0n) is 8.61. The molecule has 1 aromatic carbocycles. The Labute approximate surface area is 104 Å². The molecule has 0 bridgehead atoms. The zero-order valence-corrected chi connectivity index (χ0v) is 10.2. The summed E-state index contributed by atoms with van der Waals surface area (Å²) in [4.78, 5) is 11.1. The number of carbonyl (C=O) groups is 1. The van der Waals surface area contributed by atoms with Crippen molar-refractivity contribution < 1.29 is 18.3 Å². The molecule has 0 aliphatic carbocycles. The Morgan fingerprint density at radius 3 is 2.88 bits per heavy atom. The molecule has 0 saturated heterocycles. The van der Waals surface area contributed by atoms with E-state index in [1.807, 2.05) is 0 Å².